The average molecular weight is 237 g/mol. The Labute approximate surface area is 101 Å². The molecule has 0 aromatic carbocycles. The van der Waals surface area contributed by atoms with Crippen molar-refractivity contribution >= 4 is 11.9 Å². The molecule has 1 aromatic heterocycles. The quantitative estimate of drug-likeness (QED) is 0.819. The fourth-order valence-corrected chi connectivity index (χ4v) is 1.60. The summed E-state index contributed by atoms with van der Waals surface area (Å²) in [7, 11) is 0. The summed E-state index contributed by atoms with van der Waals surface area (Å²) in [5.41, 5.74) is 1.75. The molecular formula is C12H19N3O2. The lowest BCUT2D eigenvalue weighted by Gasteiger charge is -2.20. The summed E-state index contributed by atoms with van der Waals surface area (Å²) in [5.74, 6) is -0.112. The normalized spacial score (nSPS) is 12.5. The van der Waals surface area contributed by atoms with Gasteiger partial charge in [-0.1, -0.05) is 13.8 Å². The van der Waals surface area contributed by atoms with Gasteiger partial charge in [0.1, 0.15) is 0 Å². The Morgan fingerprint density at radius 3 is 2.29 bits per heavy atom. The maximum absolute atomic E-state index is 10.8. The van der Waals surface area contributed by atoms with E-state index < -0.39 is 5.97 Å². The Bertz CT molecular complexity index is 384. The van der Waals surface area contributed by atoms with Gasteiger partial charge in [0.05, 0.1) is 6.42 Å². The minimum absolute atomic E-state index is 0.0635. The maximum Gasteiger partial charge on any atom is 0.305 e. The van der Waals surface area contributed by atoms with Crippen LogP contribution in [-0.4, -0.2) is 27.1 Å². The predicted molar refractivity (Wildman–Crippen MR) is 66.0 cm³/mol. The van der Waals surface area contributed by atoms with E-state index >= 15 is 0 Å². The van der Waals surface area contributed by atoms with Crippen molar-refractivity contribution in [2.45, 2.75) is 40.2 Å². The summed E-state index contributed by atoms with van der Waals surface area (Å²) < 4.78 is 0. The van der Waals surface area contributed by atoms with Crippen LogP contribution in [0, 0.1) is 19.8 Å². The van der Waals surface area contributed by atoms with Crippen molar-refractivity contribution in [3.63, 3.8) is 0 Å². The molecule has 2 N–H and O–H groups in total. The van der Waals surface area contributed by atoms with Gasteiger partial charge in [-0.2, -0.15) is 0 Å². The van der Waals surface area contributed by atoms with E-state index in [0.29, 0.717) is 5.95 Å². The molecule has 0 radical (unpaired) electrons. The van der Waals surface area contributed by atoms with E-state index in [9.17, 15) is 4.79 Å². The second-order valence-electron chi connectivity index (χ2n) is 4.57. The summed E-state index contributed by atoms with van der Waals surface area (Å²) in [4.78, 5) is 19.3. The molecule has 0 spiro atoms. The second-order valence-corrected chi connectivity index (χ2v) is 4.57. The van der Waals surface area contributed by atoms with Crippen molar-refractivity contribution in [2.24, 2.45) is 5.92 Å². The van der Waals surface area contributed by atoms with Crippen molar-refractivity contribution in [2.75, 3.05) is 5.32 Å². The van der Waals surface area contributed by atoms with E-state index in [2.05, 4.69) is 15.3 Å². The average Bonchev–Trinajstić information content (AvgIpc) is 2.13. The fraction of sp³-hybridized carbons (Fsp3) is 0.583. The third-order valence-electron chi connectivity index (χ3n) is 2.50. The number of carbonyl (C=O) groups is 1. The first-order chi connectivity index (χ1) is 7.88. The molecule has 17 heavy (non-hydrogen) atoms. The summed E-state index contributed by atoms with van der Waals surface area (Å²) in [6.07, 6.45) is 0.0635. The van der Waals surface area contributed by atoms with Crippen molar-refractivity contribution in [1.82, 2.24) is 9.97 Å². The van der Waals surface area contributed by atoms with E-state index in [0.717, 1.165) is 11.4 Å². The van der Waals surface area contributed by atoms with Gasteiger partial charge in [0.2, 0.25) is 5.95 Å². The van der Waals surface area contributed by atoms with E-state index in [4.69, 9.17) is 5.11 Å². The van der Waals surface area contributed by atoms with E-state index in [1.165, 1.54) is 0 Å². The number of aryl methyl sites for hydroxylation is 2. The monoisotopic (exact) mass is 237 g/mol. The Kier molecular flexibility index (Phi) is 4.43. The number of carboxylic acid groups (broad SMARTS) is 1. The first-order valence-corrected chi connectivity index (χ1v) is 5.69. The van der Waals surface area contributed by atoms with Gasteiger partial charge < -0.3 is 10.4 Å². The van der Waals surface area contributed by atoms with Crippen molar-refractivity contribution in [1.29, 1.82) is 0 Å². The number of rotatable bonds is 5. The molecule has 0 amide bonds. The first-order valence-electron chi connectivity index (χ1n) is 5.69. The highest BCUT2D eigenvalue weighted by Crippen LogP contribution is 2.13. The van der Waals surface area contributed by atoms with Crippen LogP contribution in [-0.2, 0) is 4.79 Å². The zero-order valence-electron chi connectivity index (χ0n) is 10.7. The largest absolute Gasteiger partial charge is 0.481 e. The van der Waals surface area contributed by atoms with Gasteiger partial charge in [-0.05, 0) is 25.8 Å². The van der Waals surface area contributed by atoms with Crippen LogP contribution in [0.25, 0.3) is 0 Å². The van der Waals surface area contributed by atoms with E-state index in [1.807, 2.05) is 33.8 Å². The van der Waals surface area contributed by atoms with Crippen LogP contribution >= 0.6 is 0 Å². The van der Waals surface area contributed by atoms with Crippen LogP contribution in [0.4, 0.5) is 5.95 Å². The van der Waals surface area contributed by atoms with Crippen molar-refractivity contribution in [3.8, 4) is 0 Å². The third-order valence-corrected chi connectivity index (χ3v) is 2.50. The smallest absolute Gasteiger partial charge is 0.305 e. The number of carboxylic acids is 1. The Morgan fingerprint density at radius 2 is 1.88 bits per heavy atom. The molecule has 5 heteroatoms. The van der Waals surface area contributed by atoms with Crippen LogP contribution in [0.15, 0.2) is 6.07 Å². The minimum Gasteiger partial charge on any atom is -0.481 e. The molecule has 0 aliphatic carbocycles. The minimum atomic E-state index is -0.819. The van der Waals surface area contributed by atoms with Crippen molar-refractivity contribution < 1.29 is 9.90 Å². The highest BCUT2D eigenvalue weighted by Gasteiger charge is 2.18. The van der Waals surface area contributed by atoms with E-state index in [1.54, 1.807) is 0 Å². The lowest BCUT2D eigenvalue weighted by Crippen LogP contribution is -2.29. The number of anilines is 1. The summed E-state index contributed by atoms with van der Waals surface area (Å²) in [5, 5.41) is 11.9. The van der Waals surface area contributed by atoms with Gasteiger partial charge in [0.15, 0.2) is 0 Å². The third kappa shape index (κ3) is 4.38. The maximum atomic E-state index is 10.8. The number of nitrogens with zero attached hydrogens (tertiary/aromatic N) is 2. The van der Waals surface area contributed by atoms with Gasteiger partial charge in [0.25, 0.3) is 0 Å². The number of hydrogen-bond acceptors (Lipinski definition) is 4. The SMILES string of the molecule is Cc1cc(C)nc(NC(CC(=O)O)C(C)C)n1. The van der Waals surface area contributed by atoms with Crippen LogP contribution in [0.2, 0.25) is 0 Å². The van der Waals surface area contributed by atoms with Crippen LogP contribution in [0.3, 0.4) is 0 Å². The summed E-state index contributed by atoms with van der Waals surface area (Å²) >= 11 is 0. The van der Waals surface area contributed by atoms with Gasteiger partial charge in [-0.25, -0.2) is 9.97 Å². The van der Waals surface area contributed by atoms with Gasteiger partial charge in [-0.15, -0.1) is 0 Å². The predicted octanol–water partition coefficient (Wildman–Crippen LogP) is 2.00. The molecule has 0 saturated heterocycles. The molecule has 1 aromatic rings. The zero-order chi connectivity index (χ0) is 13.0. The number of aromatic nitrogens is 2. The topological polar surface area (TPSA) is 75.1 Å². The Hall–Kier alpha value is -1.65. The van der Waals surface area contributed by atoms with Crippen molar-refractivity contribution in [3.05, 3.63) is 17.5 Å². The second kappa shape index (κ2) is 5.61. The standard InChI is InChI=1S/C12H19N3O2/c1-7(2)10(6-11(16)17)15-12-13-8(3)5-9(4)14-12/h5,7,10H,6H2,1-4H3,(H,16,17)(H,13,14,15). The molecular weight excluding hydrogens is 218 g/mol. The fourth-order valence-electron chi connectivity index (χ4n) is 1.60. The van der Waals surface area contributed by atoms with E-state index in [-0.39, 0.29) is 18.4 Å². The Balaban J connectivity index is 2.81. The van der Waals surface area contributed by atoms with Gasteiger partial charge >= 0.3 is 5.97 Å². The Morgan fingerprint density at radius 1 is 1.35 bits per heavy atom. The highest BCUT2D eigenvalue weighted by atomic mass is 16.4. The van der Waals surface area contributed by atoms with Crippen LogP contribution in [0.1, 0.15) is 31.7 Å². The highest BCUT2D eigenvalue weighted by molar-refractivity contribution is 5.68. The zero-order valence-corrected chi connectivity index (χ0v) is 10.7. The molecule has 0 aliphatic rings. The molecule has 1 heterocycles. The molecule has 94 valence electrons. The molecule has 1 atom stereocenters. The number of hydrogen-bond donors (Lipinski definition) is 2. The molecule has 1 rings (SSSR count). The molecule has 0 saturated carbocycles. The van der Waals surface area contributed by atoms with Gasteiger partial charge in [-0.3, -0.25) is 4.79 Å². The summed E-state index contributed by atoms with van der Waals surface area (Å²) in [6, 6.07) is 1.72. The van der Waals surface area contributed by atoms with Crippen LogP contribution < -0.4 is 5.32 Å². The molecule has 0 fully saturated rings. The van der Waals surface area contributed by atoms with Gasteiger partial charge in [0, 0.05) is 17.4 Å². The molecule has 5 nitrogen and oxygen atoms in total. The molecule has 1 unspecified atom stereocenters. The molecule has 0 bridgehead atoms. The summed E-state index contributed by atoms with van der Waals surface area (Å²) in [6.45, 7) is 7.73. The van der Waals surface area contributed by atoms with Crippen LogP contribution in [0.5, 0.6) is 0 Å². The number of nitrogens with one attached hydrogen (secondary N) is 1. The lowest BCUT2D eigenvalue weighted by molar-refractivity contribution is -0.137. The lowest BCUT2D eigenvalue weighted by atomic mass is 10.0. The molecule has 0 aliphatic heterocycles. The number of aliphatic carboxylic acids is 1. The first kappa shape index (κ1) is 13.4.